The summed E-state index contributed by atoms with van der Waals surface area (Å²) in [6.45, 7) is 0.394. The van der Waals surface area contributed by atoms with Crippen molar-refractivity contribution in [2.45, 2.75) is 6.61 Å². The molecule has 55 valence electrons. The van der Waals surface area contributed by atoms with Gasteiger partial charge in [-0.1, -0.05) is 0 Å². The standard InChI is InChI=1S/C8H7O2.Zr/c9-7-10-6-8-4-2-1-3-5-8;/h1-5H,6H2;. The van der Waals surface area contributed by atoms with E-state index in [1.807, 2.05) is 30.3 Å². The van der Waals surface area contributed by atoms with Crippen LogP contribution in [0.15, 0.2) is 30.3 Å². The van der Waals surface area contributed by atoms with Gasteiger partial charge in [-0.2, -0.15) is 0 Å². The van der Waals surface area contributed by atoms with E-state index in [-0.39, 0.29) is 3.68 Å². The van der Waals surface area contributed by atoms with Gasteiger partial charge < -0.3 is 0 Å². The first kappa shape index (κ1) is 8.67. The number of carbonyl (C=O) groups is 1. The van der Waals surface area contributed by atoms with Crippen LogP contribution in [0.1, 0.15) is 5.56 Å². The molecule has 0 N–H and O–H groups in total. The summed E-state index contributed by atoms with van der Waals surface area (Å²) in [5.74, 6) is 0. The first-order chi connectivity index (χ1) is 5.29. The summed E-state index contributed by atoms with van der Waals surface area (Å²) in [6.07, 6.45) is 0. The molecule has 1 aromatic rings. The van der Waals surface area contributed by atoms with E-state index in [1.165, 1.54) is 0 Å². The average Bonchev–Trinajstić information content (AvgIpc) is 2.03. The fourth-order valence-electron chi connectivity index (χ4n) is 0.723. The summed E-state index contributed by atoms with van der Waals surface area (Å²) in [5, 5.41) is 0. The molecule has 0 unspecified atom stereocenters. The zero-order valence-electron chi connectivity index (χ0n) is 5.91. The van der Waals surface area contributed by atoms with Crippen LogP contribution >= 0.6 is 0 Å². The topological polar surface area (TPSA) is 26.3 Å². The van der Waals surface area contributed by atoms with Gasteiger partial charge in [0.2, 0.25) is 0 Å². The van der Waals surface area contributed by atoms with Gasteiger partial charge in [-0.3, -0.25) is 0 Å². The van der Waals surface area contributed by atoms with Crippen molar-refractivity contribution in [2.24, 2.45) is 0 Å². The predicted molar refractivity (Wildman–Crippen MR) is 36.6 cm³/mol. The second-order valence-corrected chi connectivity index (χ2v) is 3.07. The number of rotatable bonds is 2. The quantitative estimate of drug-likeness (QED) is 0.769. The van der Waals surface area contributed by atoms with E-state index < -0.39 is 0 Å². The van der Waals surface area contributed by atoms with Crippen LogP contribution in [0.2, 0.25) is 0 Å². The summed E-state index contributed by atoms with van der Waals surface area (Å²) in [6, 6.07) is 9.64. The van der Waals surface area contributed by atoms with Crippen molar-refractivity contribution >= 4 is 3.68 Å². The zero-order chi connectivity index (χ0) is 8.10. The minimum atomic E-state index is -0.152. The van der Waals surface area contributed by atoms with E-state index in [1.54, 1.807) is 0 Å². The Kier molecular flexibility index (Phi) is 3.51. The molecule has 0 aliphatic heterocycles. The molecular formula is C8H7O2Zr. The van der Waals surface area contributed by atoms with Gasteiger partial charge >= 0.3 is 80.4 Å². The van der Waals surface area contributed by atoms with Crippen LogP contribution in [0.5, 0.6) is 0 Å². The van der Waals surface area contributed by atoms with Gasteiger partial charge in [0.25, 0.3) is 0 Å². The van der Waals surface area contributed by atoms with Crippen LogP contribution < -0.4 is 0 Å². The SMILES string of the molecule is O=[C]([Zr])OCc1ccccc1. The van der Waals surface area contributed by atoms with Crippen LogP contribution in [0.3, 0.4) is 0 Å². The molecule has 0 fully saturated rings. The zero-order valence-corrected chi connectivity index (χ0v) is 8.37. The van der Waals surface area contributed by atoms with Gasteiger partial charge in [-0.05, 0) is 0 Å². The number of benzene rings is 1. The first-order valence-electron chi connectivity index (χ1n) is 3.21. The van der Waals surface area contributed by atoms with Gasteiger partial charge in [0.05, 0.1) is 0 Å². The Labute approximate surface area is 80.4 Å². The molecule has 0 spiro atoms. The molecule has 1 rings (SSSR count). The van der Waals surface area contributed by atoms with Crippen molar-refractivity contribution in [3.63, 3.8) is 0 Å². The van der Waals surface area contributed by atoms with Crippen LogP contribution in [-0.4, -0.2) is 3.68 Å². The van der Waals surface area contributed by atoms with Crippen molar-refractivity contribution in [1.82, 2.24) is 0 Å². The van der Waals surface area contributed by atoms with Crippen molar-refractivity contribution in [1.29, 1.82) is 0 Å². The summed E-state index contributed by atoms with van der Waals surface area (Å²) in [5.41, 5.74) is 1.03. The molecular weight excluding hydrogens is 219 g/mol. The first-order valence-corrected chi connectivity index (χ1v) is 4.44. The van der Waals surface area contributed by atoms with Crippen molar-refractivity contribution < 1.29 is 34.3 Å². The Morgan fingerprint density at radius 2 is 2.00 bits per heavy atom. The summed E-state index contributed by atoms with van der Waals surface area (Å²) >= 11 is 0.798. The molecule has 1 aromatic carbocycles. The van der Waals surface area contributed by atoms with E-state index in [0.717, 1.165) is 30.3 Å². The summed E-state index contributed by atoms with van der Waals surface area (Å²) in [4.78, 5) is 10.4. The van der Waals surface area contributed by atoms with Gasteiger partial charge in [-0.15, -0.1) is 0 Å². The third-order valence-electron chi connectivity index (χ3n) is 1.21. The molecule has 0 aliphatic carbocycles. The summed E-state index contributed by atoms with van der Waals surface area (Å²) in [7, 11) is 0. The Bertz CT molecular complexity index is 233. The Balaban J connectivity index is 2.45. The Hall–Kier alpha value is -0.427. The molecule has 0 amide bonds. The number of hydrogen-bond donors (Lipinski definition) is 0. The molecule has 0 atom stereocenters. The predicted octanol–water partition coefficient (Wildman–Crippen LogP) is 1.87. The van der Waals surface area contributed by atoms with Crippen LogP contribution in [0.4, 0.5) is 4.79 Å². The molecule has 11 heavy (non-hydrogen) atoms. The maximum atomic E-state index is 10.4. The fraction of sp³-hybridized carbons (Fsp3) is 0.125. The van der Waals surface area contributed by atoms with E-state index in [9.17, 15) is 4.79 Å². The number of carbonyl (C=O) groups excluding carboxylic acids is 1. The molecule has 3 heteroatoms. The molecule has 0 aromatic heterocycles. The minimum absolute atomic E-state index is 0.152. The van der Waals surface area contributed by atoms with Gasteiger partial charge in [-0.25, -0.2) is 0 Å². The third kappa shape index (κ3) is 3.47. The maximum absolute atomic E-state index is 10.4. The average molecular weight is 226 g/mol. The Morgan fingerprint density at radius 3 is 2.55 bits per heavy atom. The van der Waals surface area contributed by atoms with Gasteiger partial charge in [0, 0.05) is 0 Å². The third-order valence-corrected chi connectivity index (χ3v) is 1.57. The van der Waals surface area contributed by atoms with Crippen molar-refractivity contribution in [3.8, 4) is 0 Å². The van der Waals surface area contributed by atoms with Crippen LogP contribution in [-0.2, 0) is 36.1 Å². The molecule has 0 radical (unpaired) electrons. The van der Waals surface area contributed by atoms with E-state index in [2.05, 4.69) is 0 Å². The van der Waals surface area contributed by atoms with Gasteiger partial charge in [0.1, 0.15) is 0 Å². The van der Waals surface area contributed by atoms with Crippen molar-refractivity contribution in [2.75, 3.05) is 0 Å². The molecule has 0 aliphatic rings. The van der Waals surface area contributed by atoms with Crippen LogP contribution in [0, 0.1) is 0 Å². The van der Waals surface area contributed by atoms with E-state index in [0.29, 0.717) is 6.61 Å². The van der Waals surface area contributed by atoms with Crippen LogP contribution in [0.25, 0.3) is 0 Å². The monoisotopic (exact) mass is 225 g/mol. The molecule has 2 nitrogen and oxygen atoms in total. The molecule has 0 bridgehead atoms. The van der Waals surface area contributed by atoms with E-state index in [4.69, 9.17) is 4.74 Å². The number of ether oxygens (including phenoxy) is 1. The molecule has 0 saturated carbocycles. The summed E-state index contributed by atoms with van der Waals surface area (Å²) < 4.78 is 4.68. The normalized spacial score (nSPS) is 9.00. The second-order valence-electron chi connectivity index (χ2n) is 2.06. The van der Waals surface area contributed by atoms with Gasteiger partial charge in [0.15, 0.2) is 0 Å². The van der Waals surface area contributed by atoms with E-state index >= 15 is 0 Å². The Morgan fingerprint density at radius 1 is 1.36 bits per heavy atom. The fourth-order valence-corrected chi connectivity index (χ4v) is 0.901. The molecule has 0 saturated heterocycles. The second kappa shape index (κ2) is 4.45. The number of hydrogen-bond acceptors (Lipinski definition) is 2. The molecule has 0 heterocycles. The van der Waals surface area contributed by atoms with Crippen molar-refractivity contribution in [3.05, 3.63) is 35.9 Å².